The first-order chi connectivity index (χ1) is 10.8. The van der Waals surface area contributed by atoms with Crippen molar-refractivity contribution in [2.45, 2.75) is 0 Å². The van der Waals surface area contributed by atoms with Gasteiger partial charge in [0.05, 0.1) is 17.0 Å². The van der Waals surface area contributed by atoms with Gasteiger partial charge in [-0.3, -0.25) is 15.4 Å². The summed E-state index contributed by atoms with van der Waals surface area (Å²) in [5.41, 5.74) is 8.43. The molecule has 0 amide bonds. The van der Waals surface area contributed by atoms with Crippen LogP contribution in [0.3, 0.4) is 0 Å². The highest BCUT2D eigenvalue weighted by Gasteiger charge is 2.15. The van der Waals surface area contributed by atoms with E-state index in [2.05, 4.69) is 20.3 Å². The third kappa shape index (κ3) is 2.76. The van der Waals surface area contributed by atoms with Gasteiger partial charge in [-0.2, -0.15) is 0 Å². The lowest BCUT2D eigenvalue weighted by Gasteiger charge is -2.14. The summed E-state index contributed by atoms with van der Waals surface area (Å²) in [6.07, 6.45) is 6.86. The molecule has 0 atom stereocenters. The fourth-order valence-electron chi connectivity index (χ4n) is 2.06. The molecule has 0 saturated carbocycles. The van der Waals surface area contributed by atoms with Crippen molar-refractivity contribution in [1.82, 2.24) is 15.3 Å². The Morgan fingerprint density at radius 3 is 2.36 bits per heavy atom. The number of nitrogens with two attached hydrogens (primary N) is 1. The molecule has 0 aliphatic carbocycles. The number of nitrogens with one attached hydrogen (secondary N) is 2. The second-order valence-electron chi connectivity index (χ2n) is 4.57. The summed E-state index contributed by atoms with van der Waals surface area (Å²) in [7, 11) is 0. The van der Waals surface area contributed by atoms with Crippen LogP contribution in [0.25, 0.3) is 11.1 Å². The van der Waals surface area contributed by atoms with Gasteiger partial charge in [-0.15, -0.1) is 0 Å². The van der Waals surface area contributed by atoms with Gasteiger partial charge in [0, 0.05) is 30.4 Å². The van der Waals surface area contributed by atoms with Gasteiger partial charge in [0.1, 0.15) is 11.7 Å². The van der Waals surface area contributed by atoms with Crippen molar-refractivity contribution in [1.29, 1.82) is 5.41 Å². The molecule has 0 saturated heterocycles. The number of allylic oxidation sites excluding steroid dienone is 1. The van der Waals surface area contributed by atoms with Gasteiger partial charge in [-0.25, -0.2) is 4.99 Å². The van der Waals surface area contributed by atoms with Crippen molar-refractivity contribution in [2.24, 2.45) is 10.7 Å². The zero-order chi connectivity index (χ0) is 15.4. The van der Waals surface area contributed by atoms with E-state index in [9.17, 15) is 0 Å². The smallest absolute Gasteiger partial charge is 0.143 e. The van der Waals surface area contributed by atoms with Crippen LogP contribution in [0.2, 0.25) is 0 Å². The molecule has 0 unspecified atom stereocenters. The maximum atomic E-state index is 7.77. The van der Waals surface area contributed by atoms with Gasteiger partial charge in [0.25, 0.3) is 0 Å². The summed E-state index contributed by atoms with van der Waals surface area (Å²) < 4.78 is 0. The molecule has 2 aromatic rings. The van der Waals surface area contributed by atoms with Gasteiger partial charge in [0.15, 0.2) is 0 Å². The first kappa shape index (κ1) is 13.7. The molecule has 6 nitrogen and oxygen atoms in total. The topological polar surface area (TPSA) is 100 Å². The Hall–Kier alpha value is -3.28. The Balaban J connectivity index is 1.95. The summed E-state index contributed by atoms with van der Waals surface area (Å²) in [6.45, 7) is 0. The zero-order valence-electron chi connectivity index (χ0n) is 11.7. The molecule has 3 heterocycles. The van der Waals surface area contributed by atoms with Crippen LogP contribution in [0.1, 0.15) is 11.4 Å². The van der Waals surface area contributed by atoms with E-state index < -0.39 is 0 Å². The van der Waals surface area contributed by atoms with Crippen molar-refractivity contribution in [3.63, 3.8) is 0 Å². The molecular weight excluding hydrogens is 276 g/mol. The Morgan fingerprint density at radius 1 is 1.05 bits per heavy atom. The first-order valence-electron chi connectivity index (χ1n) is 6.68. The van der Waals surface area contributed by atoms with E-state index in [0.717, 1.165) is 11.3 Å². The predicted octanol–water partition coefficient (Wildman–Crippen LogP) is 1.80. The third-order valence-corrected chi connectivity index (χ3v) is 3.08. The Labute approximate surface area is 127 Å². The van der Waals surface area contributed by atoms with Crippen molar-refractivity contribution in [3.05, 3.63) is 72.2 Å². The fraction of sp³-hybridized carbons (Fsp3) is 0. The van der Waals surface area contributed by atoms with Gasteiger partial charge in [-0.05, 0) is 24.3 Å². The fourth-order valence-corrected chi connectivity index (χ4v) is 2.06. The average Bonchev–Trinajstić information content (AvgIpc) is 2.57. The number of aliphatic imine (C=N–C) groups is 1. The van der Waals surface area contributed by atoms with Crippen molar-refractivity contribution in [2.75, 3.05) is 0 Å². The van der Waals surface area contributed by atoms with Crippen LogP contribution in [0, 0.1) is 5.41 Å². The lowest BCUT2D eigenvalue weighted by atomic mass is 10.1. The summed E-state index contributed by atoms with van der Waals surface area (Å²) in [6, 6.07) is 11.1. The Morgan fingerprint density at radius 2 is 1.82 bits per heavy atom. The average molecular weight is 290 g/mol. The molecular formula is C16H14N6. The molecule has 4 N–H and O–H groups in total. The predicted molar refractivity (Wildman–Crippen MR) is 86.9 cm³/mol. The van der Waals surface area contributed by atoms with Gasteiger partial charge in [-0.1, -0.05) is 12.1 Å². The molecule has 6 heteroatoms. The largest absolute Gasteiger partial charge is 0.384 e. The minimum absolute atomic E-state index is 0.0898. The molecule has 0 aromatic carbocycles. The molecule has 2 aromatic heterocycles. The molecule has 22 heavy (non-hydrogen) atoms. The van der Waals surface area contributed by atoms with E-state index in [1.165, 1.54) is 0 Å². The van der Waals surface area contributed by atoms with E-state index >= 15 is 0 Å². The molecule has 3 rings (SSSR count). The number of nitrogens with zero attached hydrogens (tertiary/aromatic N) is 3. The van der Waals surface area contributed by atoms with Crippen LogP contribution in [0.5, 0.6) is 0 Å². The van der Waals surface area contributed by atoms with E-state index in [0.29, 0.717) is 17.1 Å². The number of amidine groups is 1. The number of aromatic nitrogens is 2. The van der Waals surface area contributed by atoms with E-state index in [1.807, 2.05) is 30.3 Å². The second-order valence-corrected chi connectivity index (χ2v) is 4.57. The standard InChI is InChI=1S/C16H14N6/c17-15(18)14(13-6-2-4-8-20-13)16-21-9-11(10-22-16)12-5-1-3-7-19-12/h1-10,21H,(H3,17,18)/b16-14+. The van der Waals surface area contributed by atoms with Crippen LogP contribution in [-0.2, 0) is 0 Å². The van der Waals surface area contributed by atoms with Crippen LogP contribution in [0.4, 0.5) is 0 Å². The van der Waals surface area contributed by atoms with Crippen LogP contribution >= 0.6 is 0 Å². The minimum Gasteiger partial charge on any atom is -0.384 e. The highest BCUT2D eigenvalue weighted by Crippen LogP contribution is 2.19. The molecule has 0 spiro atoms. The first-order valence-corrected chi connectivity index (χ1v) is 6.68. The zero-order valence-corrected chi connectivity index (χ0v) is 11.7. The van der Waals surface area contributed by atoms with Crippen molar-refractivity contribution < 1.29 is 0 Å². The van der Waals surface area contributed by atoms with Crippen molar-refractivity contribution in [3.8, 4) is 0 Å². The molecule has 0 bridgehead atoms. The maximum Gasteiger partial charge on any atom is 0.143 e. The van der Waals surface area contributed by atoms with Gasteiger partial charge in [0.2, 0.25) is 0 Å². The molecule has 0 radical (unpaired) electrons. The van der Waals surface area contributed by atoms with Crippen LogP contribution in [0.15, 0.2) is 65.8 Å². The van der Waals surface area contributed by atoms with Crippen molar-refractivity contribution >= 4 is 23.2 Å². The molecule has 1 aliphatic heterocycles. The summed E-state index contributed by atoms with van der Waals surface area (Å²) in [5, 5.41) is 10.8. The Kier molecular flexibility index (Phi) is 3.74. The number of hydrogen-bond donors (Lipinski definition) is 3. The second kappa shape index (κ2) is 6.01. The van der Waals surface area contributed by atoms with E-state index in [-0.39, 0.29) is 5.84 Å². The van der Waals surface area contributed by atoms with Crippen LogP contribution in [-0.4, -0.2) is 22.0 Å². The molecule has 1 aliphatic rings. The summed E-state index contributed by atoms with van der Waals surface area (Å²) in [5.74, 6) is 0.402. The Bertz CT molecular complexity index is 775. The lowest BCUT2D eigenvalue weighted by molar-refractivity contribution is 1.02. The van der Waals surface area contributed by atoms with Gasteiger partial charge < -0.3 is 11.1 Å². The summed E-state index contributed by atoms with van der Waals surface area (Å²) in [4.78, 5) is 12.9. The van der Waals surface area contributed by atoms with E-state index in [4.69, 9.17) is 11.1 Å². The molecule has 0 fully saturated rings. The quantitative estimate of drug-likeness (QED) is 0.592. The number of hydrogen-bond acceptors (Lipinski definition) is 5. The minimum atomic E-state index is -0.0898. The lowest BCUT2D eigenvalue weighted by Crippen LogP contribution is -2.20. The van der Waals surface area contributed by atoms with Crippen LogP contribution < -0.4 is 11.1 Å². The third-order valence-electron chi connectivity index (χ3n) is 3.08. The molecule has 108 valence electrons. The monoisotopic (exact) mass is 290 g/mol. The highest BCUT2D eigenvalue weighted by molar-refractivity contribution is 6.21. The SMILES string of the molecule is N=C(N)/C(=C1/N=CC(c2ccccn2)=CN1)c1ccccn1. The normalized spacial score (nSPS) is 15.7. The number of pyridine rings is 2. The van der Waals surface area contributed by atoms with Gasteiger partial charge >= 0.3 is 0 Å². The number of rotatable bonds is 3. The maximum absolute atomic E-state index is 7.77. The highest BCUT2D eigenvalue weighted by atomic mass is 15.0. The summed E-state index contributed by atoms with van der Waals surface area (Å²) >= 11 is 0. The van der Waals surface area contributed by atoms with E-state index in [1.54, 1.807) is 30.9 Å².